The van der Waals surface area contributed by atoms with Gasteiger partial charge in [0.15, 0.2) is 0 Å². The number of carbonyl (C=O) groups is 2. The van der Waals surface area contributed by atoms with Crippen LogP contribution in [0.5, 0.6) is 0 Å². The number of piperazine rings is 1. The summed E-state index contributed by atoms with van der Waals surface area (Å²) in [5.41, 5.74) is 1.51. The highest BCUT2D eigenvalue weighted by Gasteiger charge is 2.25. The van der Waals surface area contributed by atoms with Crippen molar-refractivity contribution in [1.29, 1.82) is 0 Å². The first-order valence-corrected chi connectivity index (χ1v) is 9.45. The lowest BCUT2D eigenvalue weighted by atomic mass is 10.2. The number of rotatable bonds is 3. The number of hydrogen-bond acceptors (Lipinski definition) is 3. The Labute approximate surface area is 152 Å². The number of nitrogens with zero attached hydrogens (tertiary/aromatic N) is 2. The molecule has 1 fully saturated rings. The van der Waals surface area contributed by atoms with Crippen LogP contribution in [0.25, 0.3) is 0 Å². The summed E-state index contributed by atoms with van der Waals surface area (Å²) in [7, 11) is 0. The van der Waals surface area contributed by atoms with Crippen molar-refractivity contribution in [2.75, 3.05) is 37.8 Å². The van der Waals surface area contributed by atoms with Crippen LogP contribution in [0.3, 0.4) is 0 Å². The average Bonchev–Trinajstić information content (AvgIpc) is 2.68. The van der Waals surface area contributed by atoms with Gasteiger partial charge in [-0.1, -0.05) is 30.3 Å². The van der Waals surface area contributed by atoms with Crippen LogP contribution in [0, 0.1) is 0 Å². The Morgan fingerprint density at radius 2 is 1.48 bits per heavy atom. The van der Waals surface area contributed by atoms with E-state index < -0.39 is 0 Å². The van der Waals surface area contributed by atoms with Crippen LogP contribution in [-0.4, -0.2) is 54.2 Å². The number of urea groups is 1. The minimum Gasteiger partial charge on any atom is -0.335 e. The van der Waals surface area contributed by atoms with Crippen LogP contribution >= 0.6 is 11.8 Å². The first-order valence-electron chi connectivity index (χ1n) is 8.22. The highest BCUT2D eigenvalue weighted by atomic mass is 32.2. The number of thioether (sulfide) groups is 1. The molecule has 130 valence electrons. The molecule has 0 unspecified atom stereocenters. The van der Waals surface area contributed by atoms with Gasteiger partial charge in [0.2, 0.25) is 0 Å². The number of carbonyl (C=O) groups excluding carboxylic acids is 2. The fourth-order valence-corrected chi connectivity index (χ4v) is 3.37. The second-order valence-electron chi connectivity index (χ2n) is 5.78. The van der Waals surface area contributed by atoms with E-state index in [0.717, 1.165) is 10.6 Å². The zero-order valence-electron chi connectivity index (χ0n) is 14.1. The zero-order valence-corrected chi connectivity index (χ0v) is 15.0. The van der Waals surface area contributed by atoms with Crippen LogP contribution in [-0.2, 0) is 0 Å². The topological polar surface area (TPSA) is 52.7 Å². The maximum absolute atomic E-state index is 12.5. The van der Waals surface area contributed by atoms with Crippen LogP contribution in [0.15, 0.2) is 59.5 Å². The molecule has 1 aliphatic rings. The summed E-state index contributed by atoms with van der Waals surface area (Å²) in [6, 6.07) is 16.9. The molecule has 2 aromatic carbocycles. The van der Waals surface area contributed by atoms with E-state index in [1.165, 1.54) is 0 Å². The van der Waals surface area contributed by atoms with Gasteiger partial charge >= 0.3 is 6.03 Å². The molecule has 0 aromatic heterocycles. The molecule has 6 heteroatoms. The van der Waals surface area contributed by atoms with E-state index in [-0.39, 0.29) is 11.9 Å². The monoisotopic (exact) mass is 355 g/mol. The lowest BCUT2D eigenvalue weighted by molar-refractivity contribution is 0.0671. The predicted octanol–water partition coefficient (Wildman–Crippen LogP) is 3.40. The Hall–Kier alpha value is -2.47. The Morgan fingerprint density at radius 1 is 0.880 bits per heavy atom. The average molecular weight is 355 g/mol. The molecule has 1 heterocycles. The van der Waals surface area contributed by atoms with E-state index in [2.05, 4.69) is 5.32 Å². The van der Waals surface area contributed by atoms with E-state index in [1.807, 2.05) is 60.9 Å². The lowest BCUT2D eigenvalue weighted by Crippen LogP contribution is -2.51. The number of benzene rings is 2. The third-order valence-electron chi connectivity index (χ3n) is 4.22. The molecular weight excluding hydrogens is 334 g/mol. The summed E-state index contributed by atoms with van der Waals surface area (Å²) >= 11 is 1.60. The maximum Gasteiger partial charge on any atom is 0.321 e. The molecule has 1 saturated heterocycles. The Balaban J connectivity index is 1.57. The van der Waals surface area contributed by atoms with Gasteiger partial charge in [0, 0.05) is 36.6 Å². The smallest absolute Gasteiger partial charge is 0.321 e. The summed E-state index contributed by atoms with van der Waals surface area (Å²) in [4.78, 5) is 29.5. The minimum atomic E-state index is -0.117. The molecule has 1 N–H and O–H groups in total. The second-order valence-corrected chi connectivity index (χ2v) is 6.62. The minimum absolute atomic E-state index is 0.0217. The predicted molar refractivity (Wildman–Crippen MR) is 101 cm³/mol. The van der Waals surface area contributed by atoms with Crippen molar-refractivity contribution in [1.82, 2.24) is 9.80 Å². The van der Waals surface area contributed by atoms with Gasteiger partial charge in [-0.3, -0.25) is 4.79 Å². The van der Waals surface area contributed by atoms with Gasteiger partial charge in [0.25, 0.3) is 5.91 Å². The molecule has 1 aliphatic heterocycles. The highest BCUT2D eigenvalue weighted by molar-refractivity contribution is 7.98. The molecule has 0 bridgehead atoms. The molecule has 0 saturated carbocycles. The molecule has 3 rings (SSSR count). The quantitative estimate of drug-likeness (QED) is 0.859. The molecule has 0 radical (unpaired) electrons. The summed E-state index contributed by atoms with van der Waals surface area (Å²) in [5, 5.41) is 2.97. The molecular formula is C19H21N3O2S. The van der Waals surface area contributed by atoms with E-state index in [4.69, 9.17) is 0 Å². The van der Waals surface area contributed by atoms with Crippen molar-refractivity contribution in [3.8, 4) is 0 Å². The number of para-hydroxylation sites is 1. The molecule has 25 heavy (non-hydrogen) atoms. The lowest BCUT2D eigenvalue weighted by Gasteiger charge is -2.34. The first-order chi connectivity index (χ1) is 12.2. The van der Waals surface area contributed by atoms with Crippen LogP contribution in [0.1, 0.15) is 10.4 Å². The fourth-order valence-electron chi connectivity index (χ4n) is 2.82. The molecule has 5 nitrogen and oxygen atoms in total. The number of amides is 3. The van der Waals surface area contributed by atoms with Gasteiger partial charge in [0.05, 0.1) is 5.69 Å². The van der Waals surface area contributed by atoms with Crippen molar-refractivity contribution in [3.05, 3.63) is 60.2 Å². The number of nitrogens with one attached hydrogen (secondary N) is 1. The second kappa shape index (κ2) is 8.07. The van der Waals surface area contributed by atoms with Gasteiger partial charge in [-0.25, -0.2) is 4.79 Å². The maximum atomic E-state index is 12.5. The van der Waals surface area contributed by atoms with Crippen molar-refractivity contribution < 1.29 is 9.59 Å². The van der Waals surface area contributed by atoms with E-state index in [1.54, 1.807) is 21.6 Å². The standard InChI is InChI=1S/C19H21N3O2S/c1-25-17-10-6-5-9-16(17)20-19(24)22-13-11-21(12-14-22)18(23)15-7-3-2-4-8-15/h2-10H,11-14H2,1H3,(H,20,24). The molecule has 0 atom stereocenters. The zero-order chi connectivity index (χ0) is 17.6. The Morgan fingerprint density at radius 3 is 2.16 bits per heavy atom. The van der Waals surface area contributed by atoms with Crippen molar-refractivity contribution in [2.24, 2.45) is 0 Å². The highest BCUT2D eigenvalue weighted by Crippen LogP contribution is 2.25. The fraction of sp³-hybridized carbons (Fsp3) is 0.263. The molecule has 2 aromatic rings. The number of hydrogen-bond donors (Lipinski definition) is 1. The number of anilines is 1. The van der Waals surface area contributed by atoms with Crippen molar-refractivity contribution in [3.63, 3.8) is 0 Å². The van der Waals surface area contributed by atoms with E-state index in [9.17, 15) is 9.59 Å². The van der Waals surface area contributed by atoms with Crippen molar-refractivity contribution in [2.45, 2.75) is 4.90 Å². The third kappa shape index (κ3) is 4.14. The Kier molecular flexibility index (Phi) is 5.60. The van der Waals surface area contributed by atoms with Crippen LogP contribution in [0.4, 0.5) is 10.5 Å². The Bertz CT molecular complexity index is 743. The van der Waals surface area contributed by atoms with Gasteiger partial charge in [0.1, 0.15) is 0 Å². The normalized spacial score (nSPS) is 14.3. The first kappa shape index (κ1) is 17.4. The van der Waals surface area contributed by atoms with E-state index in [0.29, 0.717) is 31.7 Å². The van der Waals surface area contributed by atoms with Gasteiger partial charge in [-0.15, -0.1) is 11.8 Å². The van der Waals surface area contributed by atoms with Crippen LogP contribution in [0.2, 0.25) is 0 Å². The van der Waals surface area contributed by atoms with Crippen molar-refractivity contribution >= 4 is 29.4 Å². The largest absolute Gasteiger partial charge is 0.335 e. The van der Waals surface area contributed by atoms with Gasteiger partial charge in [-0.05, 0) is 30.5 Å². The van der Waals surface area contributed by atoms with Gasteiger partial charge < -0.3 is 15.1 Å². The summed E-state index contributed by atoms with van der Waals surface area (Å²) < 4.78 is 0. The molecule has 0 aliphatic carbocycles. The van der Waals surface area contributed by atoms with E-state index >= 15 is 0 Å². The van der Waals surface area contributed by atoms with Gasteiger partial charge in [-0.2, -0.15) is 0 Å². The summed E-state index contributed by atoms with van der Waals surface area (Å²) in [6.07, 6.45) is 1.99. The SMILES string of the molecule is CSc1ccccc1NC(=O)N1CCN(C(=O)c2ccccc2)CC1. The molecule has 0 spiro atoms. The summed E-state index contributed by atoms with van der Waals surface area (Å²) in [5.74, 6) is 0.0217. The molecule has 3 amide bonds. The third-order valence-corrected chi connectivity index (χ3v) is 5.02. The van der Waals surface area contributed by atoms with Crippen LogP contribution < -0.4 is 5.32 Å². The summed E-state index contributed by atoms with van der Waals surface area (Å²) in [6.45, 7) is 2.16.